The number of ketones is 1. The van der Waals surface area contributed by atoms with E-state index in [1.807, 2.05) is 27.7 Å². The summed E-state index contributed by atoms with van der Waals surface area (Å²) in [4.78, 5) is 22.2. The molecule has 0 amide bonds. The monoisotopic (exact) mass is 306 g/mol. The Morgan fingerprint density at radius 2 is 2.00 bits per heavy atom. The predicted molar refractivity (Wildman–Crippen MR) is 84.4 cm³/mol. The third-order valence-electron chi connectivity index (χ3n) is 4.00. The number of benzene rings is 1. The molecule has 1 aromatic rings. The van der Waals surface area contributed by atoms with Crippen molar-refractivity contribution in [2.75, 3.05) is 5.32 Å². The van der Waals surface area contributed by atoms with Gasteiger partial charge in [-0.05, 0) is 53.2 Å². The van der Waals surface area contributed by atoms with Crippen LogP contribution in [0.2, 0.25) is 0 Å². The smallest absolute Gasteiger partial charge is 0.293 e. The van der Waals surface area contributed by atoms with Crippen molar-refractivity contribution in [1.82, 2.24) is 0 Å². The normalized spacial score (nSPS) is 22.3. The highest BCUT2D eigenvalue weighted by Gasteiger charge is 2.46. The van der Waals surface area contributed by atoms with Crippen LogP contribution in [0.3, 0.4) is 0 Å². The Morgan fingerprint density at radius 3 is 2.45 bits per heavy atom. The molecule has 1 unspecified atom stereocenters. The number of nitro groups is 1. The highest BCUT2D eigenvalue weighted by Crippen LogP contribution is 2.40. The van der Waals surface area contributed by atoms with Crippen molar-refractivity contribution < 1.29 is 14.5 Å². The first-order valence-electron chi connectivity index (χ1n) is 7.28. The van der Waals surface area contributed by atoms with E-state index in [9.17, 15) is 14.9 Å². The van der Waals surface area contributed by atoms with Crippen LogP contribution in [0.5, 0.6) is 0 Å². The van der Waals surface area contributed by atoms with Gasteiger partial charge >= 0.3 is 0 Å². The Labute approximate surface area is 130 Å². The zero-order chi connectivity index (χ0) is 16.7. The summed E-state index contributed by atoms with van der Waals surface area (Å²) in [7, 11) is 0. The van der Waals surface area contributed by atoms with Gasteiger partial charge in [-0.15, -0.1) is 0 Å². The number of anilines is 1. The van der Waals surface area contributed by atoms with Crippen LogP contribution in [0.4, 0.5) is 11.4 Å². The second-order valence-corrected chi connectivity index (χ2v) is 6.91. The molecule has 0 aromatic heterocycles. The molecule has 0 bridgehead atoms. The van der Waals surface area contributed by atoms with Gasteiger partial charge in [-0.3, -0.25) is 14.9 Å². The van der Waals surface area contributed by atoms with Gasteiger partial charge in [0.2, 0.25) is 0 Å². The highest BCUT2D eigenvalue weighted by atomic mass is 16.6. The number of ether oxygens (including phenoxy) is 1. The summed E-state index contributed by atoms with van der Waals surface area (Å²) in [5.74, 6) is -0.194. The lowest BCUT2D eigenvalue weighted by atomic mass is 9.94. The van der Waals surface area contributed by atoms with E-state index in [1.165, 1.54) is 13.0 Å². The fourth-order valence-electron chi connectivity index (χ4n) is 3.00. The van der Waals surface area contributed by atoms with Crippen molar-refractivity contribution in [2.24, 2.45) is 0 Å². The van der Waals surface area contributed by atoms with E-state index in [0.717, 1.165) is 6.42 Å². The van der Waals surface area contributed by atoms with Gasteiger partial charge in [-0.1, -0.05) is 0 Å². The molecule has 1 atom stereocenters. The average Bonchev–Trinajstić information content (AvgIpc) is 2.56. The average molecular weight is 306 g/mol. The summed E-state index contributed by atoms with van der Waals surface area (Å²) in [5, 5.41) is 14.5. The van der Waals surface area contributed by atoms with Crippen LogP contribution in [0.25, 0.3) is 0 Å². The van der Waals surface area contributed by atoms with Crippen molar-refractivity contribution in [3.8, 4) is 0 Å². The molecule has 120 valence electrons. The zero-order valence-electron chi connectivity index (χ0n) is 13.6. The third-order valence-corrected chi connectivity index (χ3v) is 4.00. The number of rotatable bonds is 4. The van der Waals surface area contributed by atoms with Crippen LogP contribution < -0.4 is 5.32 Å². The summed E-state index contributed by atoms with van der Waals surface area (Å²) in [6, 6.07) is 4.46. The standard InChI is InChI=1S/C16H22N2O4/c1-10(19)11-6-7-12(13(8-11)18(20)21)17-14-9-15(2,3)22-16(14,4)5/h6-8,14,17H,9H2,1-5H3. The first-order chi connectivity index (χ1) is 10.0. The van der Waals surface area contributed by atoms with E-state index in [1.54, 1.807) is 12.1 Å². The Hall–Kier alpha value is -1.95. The number of nitrogens with one attached hydrogen (secondary N) is 1. The summed E-state index contributed by atoms with van der Waals surface area (Å²) in [6.07, 6.45) is 0.742. The Bertz CT molecular complexity index is 623. The van der Waals surface area contributed by atoms with Gasteiger partial charge in [0.05, 0.1) is 22.2 Å². The number of nitrogens with zero attached hydrogens (tertiary/aromatic N) is 1. The maximum atomic E-state index is 11.4. The van der Waals surface area contributed by atoms with Crippen LogP contribution in [-0.4, -0.2) is 28.0 Å². The predicted octanol–water partition coefficient (Wildman–Crippen LogP) is 3.56. The van der Waals surface area contributed by atoms with Gasteiger partial charge in [-0.2, -0.15) is 0 Å². The molecule has 0 spiro atoms. The van der Waals surface area contributed by atoms with E-state index in [2.05, 4.69) is 5.32 Å². The van der Waals surface area contributed by atoms with Crippen molar-refractivity contribution in [3.05, 3.63) is 33.9 Å². The molecule has 0 saturated carbocycles. The molecular formula is C16H22N2O4. The largest absolute Gasteiger partial charge is 0.374 e. The Balaban J connectivity index is 2.34. The maximum Gasteiger partial charge on any atom is 0.293 e. The van der Waals surface area contributed by atoms with Gasteiger partial charge < -0.3 is 10.1 Å². The highest BCUT2D eigenvalue weighted by molar-refractivity contribution is 5.95. The molecule has 1 aromatic carbocycles. The number of carbonyl (C=O) groups excluding carboxylic acids is 1. The molecule has 0 radical (unpaired) electrons. The molecule has 6 nitrogen and oxygen atoms in total. The van der Waals surface area contributed by atoms with Gasteiger partial charge in [0, 0.05) is 11.6 Å². The molecule has 1 N–H and O–H groups in total. The minimum Gasteiger partial charge on any atom is -0.374 e. The number of hydrogen-bond donors (Lipinski definition) is 1. The van der Waals surface area contributed by atoms with Crippen molar-refractivity contribution in [1.29, 1.82) is 0 Å². The first-order valence-corrected chi connectivity index (χ1v) is 7.28. The molecule has 1 aliphatic rings. The second-order valence-electron chi connectivity index (χ2n) is 6.91. The van der Waals surface area contributed by atoms with Crippen LogP contribution in [0, 0.1) is 10.1 Å². The molecule has 0 aliphatic carbocycles. The van der Waals surface area contributed by atoms with Gasteiger partial charge in [0.25, 0.3) is 5.69 Å². The Morgan fingerprint density at radius 1 is 1.36 bits per heavy atom. The molecule has 6 heteroatoms. The SMILES string of the molecule is CC(=O)c1ccc(NC2CC(C)(C)OC2(C)C)c([N+](=O)[O-])c1. The molecule has 1 heterocycles. The van der Waals surface area contributed by atoms with Crippen LogP contribution in [0.15, 0.2) is 18.2 Å². The second kappa shape index (κ2) is 5.35. The lowest BCUT2D eigenvalue weighted by Crippen LogP contribution is -2.38. The van der Waals surface area contributed by atoms with Gasteiger partial charge in [0.1, 0.15) is 5.69 Å². The quantitative estimate of drug-likeness (QED) is 0.522. The summed E-state index contributed by atoms with van der Waals surface area (Å²) < 4.78 is 6.00. The van der Waals surface area contributed by atoms with Crippen molar-refractivity contribution >= 4 is 17.2 Å². The van der Waals surface area contributed by atoms with E-state index in [-0.39, 0.29) is 23.1 Å². The van der Waals surface area contributed by atoms with Crippen LogP contribution >= 0.6 is 0 Å². The number of nitro benzene ring substituents is 1. The first kappa shape index (κ1) is 16.4. The summed E-state index contributed by atoms with van der Waals surface area (Å²) >= 11 is 0. The lowest BCUT2D eigenvalue weighted by molar-refractivity contribution is -0.384. The van der Waals surface area contributed by atoms with Crippen LogP contribution in [0.1, 0.15) is 51.4 Å². The fourth-order valence-corrected chi connectivity index (χ4v) is 3.00. The van der Waals surface area contributed by atoms with Crippen LogP contribution in [-0.2, 0) is 4.74 Å². The fraction of sp³-hybridized carbons (Fsp3) is 0.562. The molecule has 1 saturated heterocycles. The summed E-state index contributed by atoms with van der Waals surface area (Å²) in [6.45, 7) is 9.33. The molecule has 1 aliphatic heterocycles. The Kier molecular flexibility index (Phi) is 4.00. The van der Waals surface area contributed by atoms with Crippen molar-refractivity contribution in [2.45, 2.75) is 58.3 Å². The number of carbonyl (C=O) groups is 1. The van der Waals surface area contributed by atoms with Gasteiger partial charge in [0.15, 0.2) is 5.78 Å². The molecular weight excluding hydrogens is 284 g/mol. The molecule has 2 rings (SSSR count). The van der Waals surface area contributed by atoms with E-state index >= 15 is 0 Å². The van der Waals surface area contributed by atoms with E-state index < -0.39 is 10.5 Å². The van der Waals surface area contributed by atoms with E-state index in [4.69, 9.17) is 4.74 Å². The van der Waals surface area contributed by atoms with E-state index in [0.29, 0.717) is 11.3 Å². The summed E-state index contributed by atoms with van der Waals surface area (Å²) in [5.41, 5.74) is -0.0617. The minimum absolute atomic E-state index is 0.0515. The maximum absolute atomic E-state index is 11.4. The topological polar surface area (TPSA) is 81.5 Å². The molecule has 1 fully saturated rings. The van der Waals surface area contributed by atoms with Crippen molar-refractivity contribution in [3.63, 3.8) is 0 Å². The number of hydrogen-bond acceptors (Lipinski definition) is 5. The third kappa shape index (κ3) is 3.27. The van der Waals surface area contributed by atoms with Gasteiger partial charge in [-0.25, -0.2) is 0 Å². The molecule has 22 heavy (non-hydrogen) atoms. The zero-order valence-corrected chi connectivity index (χ0v) is 13.6. The minimum atomic E-state index is -0.470. The lowest BCUT2D eigenvalue weighted by Gasteiger charge is -2.28. The number of Topliss-reactive ketones (excluding diaryl/α,β-unsaturated/α-hetero) is 1.